The van der Waals surface area contributed by atoms with Gasteiger partial charge in [-0.3, -0.25) is 5.32 Å². The number of nitrogens with one attached hydrogen (secondary N) is 2. The standard InChI is InChI=1S/C23H22Cl2N2O3S/c1-12(2)30-22(28)20-17(16-9-13(3)5-6-14(16)4)11-31-21(20)27-23(29)26-15-7-8-18(24)19(25)10-15/h5-12H,1-4H3,(H2,26,27,29). The van der Waals surface area contributed by atoms with Crippen molar-refractivity contribution in [2.45, 2.75) is 33.8 Å². The summed E-state index contributed by atoms with van der Waals surface area (Å²) in [4.78, 5) is 25.5. The third-order valence-corrected chi connectivity index (χ3v) is 6.06. The van der Waals surface area contributed by atoms with Crippen molar-refractivity contribution in [3.63, 3.8) is 0 Å². The number of hydrogen-bond acceptors (Lipinski definition) is 4. The quantitative estimate of drug-likeness (QED) is 0.373. The highest BCUT2D eigenvalue weighted by molar-refractivity contribution is 7.15. The molecular weight excluding hydrogens is 455 g/mol. The lowest BCUT2D eigenvalue weighted by molar-refractivity contribution is 0.0380. The highest BCUT2D eigenvalue weighted by Crippen LogP contribution is 2.38. The predicted octanol–water partition coefficient (Wildman–Crippen LogP) is 7.55. The number of carbonyl (C=O) groups excluding carboxylic acids is 2. The van der Waals surface area contributed by atoms with Gasteiger partial charge in [0, 0.05) is 16.6 Å². The number of anilines is 2. The number of esters is 1. The van der Waals surface area contributed by atoms with Crippen LogP contribution in [-0.2, 0) is 4.74 Å². The van der Waals surface area contributed by atoms with Gasteiger partial charge in [0.05, 0.1) is 16.1 Å². The van der Waals surface area contributed by atoms with E-state index in [4.69, 9.17) is 27.9 Å². The number of aryl methyl sites for hydroxylation is 2. The minimum atomic E-state index is -0.508. The summed E-state index contributed by atoms with van der Waals surface area (Å²) in [7, 11) is 0. The summed E-state index contributed by atoms with van der Waals surface area (Å²) in [6, 6.07) is 10.3. The Balaban J connectivity index is 1.94. The van der Waals surface area contributed by atoms with Gasteiger partial charge >= 0.3 is 12.0 Å². The largest absolute Gasteiger partial charge is 0.459 e. The summed E-state index contributed by atoms with van der Waals surface area (Å²) in [5, 5.41) is 8.44. The van der Waals surface area contributed by atoms with Crippen LogP contribution in [0.25, 0.3) is 11.1 Å². The lowest BCUT2D eigenvalue weighted by atomic mass is 9.97. The van der Waals surface area contributed by atoms with E-state index >= 15 is 0 Å². The normalized spacial score (nSPS) is 10.8. The van der Waals surface area contributed by atoms with Gasteiger partial charge in [0.2, 0.25) is 0 Å². The van der Waals surface area contributed by atoms with Crippen LogP contribution in [0.15, 0.2) is 41.8 Å². The summed E-state index contributed by atoms with van der Waals surface area (Å²) in [6.45, 7) is 7.54. The molecule has 8 heteroatoms. The van der Waals surface area contributed by atoms with Crippen molar-refractivity contribution in [2.24, 2.45) is 0 Å². The van der Waals surface area contributed by atoms with E-state index in [0.717, 1.165) is 22.3 Å². The number of hydrogen-bond donors (Lipinski definition) is 2. The van der Waals surface area contributed by atoms with Crippen LogP contribution in [0.3, 0.4) is 0 Å². The van der Waals surface area contributed by atoms with Crippen molar-refractivity contribution < 1.29 is 14.3 Å². The first-order chi connectivity index (χ1) is 14.7. The van der Waals surface area contributed by atoms with E-state index in [2.05, 4.69) is 10.6 Å². The molecule has 1 heterocycles. The minimum Gasteiger partial charge on any atom is -0.459 e. The number of thiophene rings is 1. The highest BCUT2D eigenvalue weighted by atomic mass is 35.5. The molecule has 0 unspecified atom stereocenters. The second kappa shape index (κ2) is 9.73. The maximum Gasteiger partial charge on any atom is 0.342 e. The SMILES string of the molecule is Cc1ccc(C)c(-c2csc(NC(=O)Nc3ccc(Cl)c(Cl)c3)c2C(=O)OC(C)C)c1. The van der Waals surface area contributed by atoms with Crippen molar-refractivity contribution >= 4 is 57.2 Å². The van der Waals surface area contributed by atoms with Gasteiger partial charge in [-0.25, -0.2) is 9.59 Å². The van der Waals surface area contributed by atoms with Crippen molar-refractivity contribution in [2.75, 3.05) is 10.6 Å². The van der Waals surface area contributed by atoms with Gasteiger partial charge in [-0.1, -0.05) is 47.0 Å². The molecule has 0 fully saturated rings. The molecule has 0 atom stereocenters. The molecule has 0 bridgehead atoms. The van der Waals surface area contributed by atoms with Gasteiger partial charge in [-0.05, 0) is 57.0 Å². The number of amides is 2. The van der Waals surface area contributed by atoms with Crippen molar-refractivity contribution in [1.82, 2.24) is 0 Å². The molecule has 5 nitrogen and oxygen atoms in total. The molecule has 3 aromatic rings. The summed E-state index contributed by atoms with van der Waals surface area (Å²) >= 11 is 13.2. The first-order valence-corrected chi connectivity index (χ1v) is 11.2. The smallest absolute Gasteiger partial charge is 0.342 e. The maximum absolute atomic E-state index is 12.9. The Kier molecular flexibility index (Phi) is 7.26. The molecule has 0 aliphatic rings. The number of carbonyl (C=O) groups is 2. The fourth-order valence-electron chi connectivity index (χ4n) is 2.99. The Morgan fingerprint density at radius 1 is 0.968 bits per heavy atom. The molecule has 31 heavy (non-hydrogen) atoms. The van der Waals surface area contributed by atoms with Gasteiger partial charge in [0.25, 0.3) is 0 Å². The third-order valence-electron chi connectivity index (χ3n) is 4.43. The monoisotopic (exact) mass is 476 g/mol. The van der Waals surface area contributed by atoms with Crippen LogP contribution in [0.1, 0.15) is 35.3 Å². The molecule has 1 aromatic heterocycles. The van der Waals surface area contributed by atoms with E-state index in [1.165, 1.54) is 11.3 Å². The van der Waals surface area contributed by atoms with E-state index in [1.54, 1.807) is 32.0 Å². The average molecular weight is 477 g/mol. The van der Waals surface area contributed by atoms with Gasteiger partial charge in [-0.15, -0.1) is 11.3 Å². The van der Waals surface area contributed by atoms with Crippen LogP contribution in [0.4, 0.5) is 15.5 Å². The van der Waals surface area contributed by atoms with E-state index in [1.807, 2.05) is 37.4 Å². The van der Waals surface area contributed by atoms with Crippen LogP contribution in [0.2, 0.25) is 10.0 Å². The predicted molar refractivity (Wildman–Crippen MR) is 129 cm³/mol. The Labute approximate surface area is 195 Å². The lowest BCUT2D eigenvalue weighted by Crippen LogP contribution is -2.21. The van der Waals surface area contributed by atoms with E-state index < -0.39 is 12.0 Å². The zero-order chi connectivity index (χ0) is 22.7. The summed E-state index contributed by atoms with van der Waals surface area (Å²) < 4.78 is 5.46. The zero-order valence-corrected chi connectivity index (χ0v) is 19.8. The first-order valence-electron chi connectivity index (χ1n) is 9.59. The summed E-state index contributed by atoms with van der Waals surface area (Å²) in [5.74, 6) is -0.489. The Morgan fingerprint density at radius 3 is 2.39 bits per heavy atom. The van der Waals surface area contributed by atoms with Crippen molar-refractivity contribution in [3.8, 4) is 11.1 Å². The highest BCUT2D eigenvalue weighted by Gasteiger charge is 2.24. The van der Waals surface area contributed by atoms with E-state index in [0.29, 0.717) is 26.3 Å². The fourth-order valence-corrected chi connectivity index (χ4v) is 4.23. The first kappa shape index (κ1) is 23.1. The van der Waals surface area contributed by atoms with E-state index in [9.17, 15) is 9.59 Å². The van der Waals surface area contributed by atoms with E-state index in [-0.39, 0.29) is 6.10 Å². The van der Waals surface area contributed by atoms with Crippen LogP contribution in [-0.4, -0.2) is 18.1 Å². The molecule has 0 saturated heterocycles. The molecule has 0 spiro atoms. The van der Waals surface area contributed by atoms with Crippen LogP contribution < -0.4 is 10.6 Å². The number of benzene rings is 2. The Hall–Kier alpha value is -2.54. The Morgan fingerprint density at radius 2 is 1.71 bits per heavy atom. The fraction of sp³-hybridized carbons (Fsp3) is 0.217. The van der Waals surface area contributed by atoms with Crippen molar-refractivity contribution in [3.05, 3.63) is 68.5 Å². The lowest BCUT2D eigenvalue weighted by Gasteiger charge is -2.13. The molecule has 3 rings (SSSR count). The number of halogens is 2. The topological polar surface area (TPSA) is 67.4 Å². The van der Waals surface area contributed by atoms with Gasteiger partial charge in [0.15, 0.2) is 0 Å². The zero-order valence-electron chi connectivity index (χ0n) is 17.5. The number of rotatable bonds is 5. The Bertz CT molecular complexity index is 1140. The molecule has 0 aliphatic carbocycles. The molecule has 2 amide bonds. The van der Waals surface area contributed by atoms with Gasteiger partial charge in [-0.2, -0.15) is 0 Å². The van der Waals surface area contributed by atoms with Crippen molar-refractivity contribution in [1.29, 1.82) is 0 Å². The third kappa shape index (κ3) is 5.58. The molecule has 0 saturated carbocycles. The summed E-state index contributed by atoms with van der Waals surface area (Å²) in [6.07, 6.45) is -0.295. The van der Waals surface area contributed by atoms with Crippen LogP contribution >= 0.6 is 34.5 Å². The molecule has 0 aliphatic heterocycles. The molecule has 0 radical (unpaired) electrons. The molecule has 2 aromatic carbocycles. The van der Waals surface area contributed by atoms with Gasteiger partial charge in [0.1, 0.15) is 10.6 Å². The van der Waals surface area contributed by atoms with Gasteiger partial charge < -0.3 is 10.1 Å². The summed E-state index contributed by atoms with van der Waals surface area (Å²) in [5.41, 5.74) is 4.54. The molecule has 2 N–H and O–H groups in total. The number of ether oxygens (including phenoxy) is 1. The number of urea groups is 1. The average Bonchev–Trinajstić information content (AvgIpc) is 3.09. The molecular formula is C23H22Cl2N2O3S. The second-order valence-electron chi connectivity index (χ2n) is 7.33. The maximum atomic E-state index is 12.9. The minimum absolute atomic E-state index is 0.295. The van der Waals surface area contributed by atoms with Crippen LogP contribution in [0, 0.1) is 13.8 Å². The van der Waals surface area contributed by atoms with Crippen LogP contribution in [0.5, 0.6) is 0 Å². The second-order valence-corrected chi connectivity index (χ2v) is 9.03. The molecule has 162 valence electrons.